The zero-order valence-corrected chi connectivity index (χ0v) is 17.0. The lowest BCUT2D eigenvalue weighted by Crippen LogP contribution is -2.24. The molecule has 0 spiro atoms. The first-order valence-electron chi connectivity index (χ1n) is 9.69. The van der Waals surface area contributed by atoms with Crippen molar-refractivity contribution >= 4 is 38.3 Å². The lowest BCUT2D eigenvalue weighted by Gasteiger charge is -2.09. The van der Waals surface area contributed by atoms with Crippen LogP contribution in [0, 0.1) is 0 Å². The van der Waals surface area contributed by atoms with Crippen molar-refractivity contribution in [2.24, 2.45) is 7.05 Å². The van der Waals surface area contributed by atoms with Crippen LogP contribution in [0.2, 0.25) is 0 Å². The molecule has 152 valence electrons. The van der Waals surface area contributed by atoms with Crippen molar-refractivity contribution in [3.8, 4) is 0 Å². The molecule has 9 heteroatoms. The molecule has 1 aliphatic carbocycles. The average Bonchev–Trinajstić information content (AvgIpc) is 3.13. The number of aromatic amines is 1. The zero-order valence-electron chi connectivity index (χ0n) is 16.2. The molecule has 0 bridgehead atoms. The molecule has 4 aromatic rings. The minimum absolute atomic E-state index is 0.0442. The van der Waals surface area contributed by atoms with Crippen molar-refractivity contribution in [2.45, 2.75) is 32.3 Å². The summed E-state index contributed by atoms with van der Waals surface area (Å²) in [5.41, 5.74) is 0.665. The van der Waals surface area contributed by atoms with Crippen LogP contribution in [0.25, 0.3) is 21.0 Å². The molecular weight excluding hydrogens is 404 g/mol. The van der Waals surface area contributed by atoms with Crippen molar-refractivity contribution in [2.75, 3.05) is 0 Å². The molecule has 0 amide bonds. The summed E-state index contributed by atoms with van der Waals surface area (Å²) in [6.45, 7) is -0.189. The third-order valence-electron chi connectivity index (χ3n) is 5.36. The third kappa shape index (κ3) is 3.02. The van der Waals surface area contributed by atoms with Crippen molar-refractivity contribution in [1.29, 1.82) is 0 Å². The van der Waals surface area contributed by atoms with E-state index in [-0.39, 0.29) is 29.2 Å². The van der Waals surface area contributed by atoms with E-state index in [1.165, 1.54) is 11.9 Å². The first-order valence-corrected chi connectivity index (χ1v) is 10.5. The van der Waals surface area contributed by atoms with Crippen molar-refractivity contribution in [1.82, 2.24) is 19.7 Å². The topological polar surface area (TPSA) is 107 Å². The van der Waals surface area contributed by atoms with E-state index in [0.29, 0.717) is 21.0 Å². The number of benzene rings is 1. The Bertz CT molecular complexity index is 1430. The van der Waals surface area contributed by atoms with Crippen molar-refractivity contribution in [3.63, 3.8) is 0 Å². The van der Waals surface area contributed by atoms with Gasteiger partial charge in [-0.2, -0.15) is 5.10 Å². The Morgan fingerprint density at radius 1 is 1.20 bits per heavy atom. The Morgan fingerprint density at radius 3 is 2.80 bits per heavy atom. The third-order valence-corrected chi connectivity index (χ3v) is 6.55. The highest BCUT2D eigenvalue weighted by molar-refractivity contribution is 7.18. The summed E-state index contributed by atoms with van der Waals surface area (Å²) in [6, 6.07) is 6.75. The van der Waals surface area contributed by atoms with Gasteiger partial charge < -0.3 is 9.72 Å². The van der Waals surface area contributed by atoms with Crippen LogP contribution in [0.1, 0.15) is 39.6 Å². The molecule has 0 aliphatic heterocycles. The molecule has 0 atom stereocenters. The molecule has 0 fully saturated rings. The maximum atomic E-state index is 12.7. The van der Waals surface area contributed by atoms with E-state index in [2.05, 4.69) is 15.1 Å². The first kappa shape index (κ1) is 18.7. The molecule has 1 aliphatic rings. The van der Waals surface area contributed by atoms with Gasteiger partial charge in [0.15, 0.2) is 5.69 Å². The summed E-state index contributed by atoms with van der Waals surface area (Å²) in [7, 11) is 1.48. The number of hydrogen-bond acceptors (Lipinski definition) is 7. The molecule has 3 heterocycles. The van der Waals surface area contributed by atoms with Crippen molar-refractivity contribution in [3.05, 3.63) is 66.9 Å². The van der Waals surface area contributed by atoms with Crippen LogP contribution in [0.4, 0.5) is 0 Å². The highest BCUT2D eigenvalue weighted by Crippen LogP contribution is 2.33. The van der Waals surface area contributed by atoms with Gasteiger partial charge in [-0.1, -0.05) is 18.2 Å². The number of H-pyrrole nitrogens is 1. The van der Waals surface area contributed by atoms with Gasteiger partial charge in [-0.15, -0.1) is 11.3 Å². The Balaban J connectivity index is 1.46. The van der Waals surface area contributed by atoms with Gasteiger partial charge in [-0.05, 0) is 37.3 Å². The molecule has 1 aromatic carbocycles. The second-order valence-corrected chi connectivity index (χ2v) is 8.39. The van der Waals surface area contributed by atoms with Gasteiger partial charge in [0.2, 0.25) is 0 Å². The summed E-state index contributed by atoms with van der Waals surface area (Å²) in [4.78, 5) is 46.7. The number of ether oxygens (including phenoxy) is 1. The number of hydrogen-bond donors (Lipinski definition) is 1. The summed E-state index contributed by atoms with van der Waals surface area (Å²) < 4.78 is 6.49. The predicted molar refractivity (Wildman–Crippen MR) is 113 cm³/mol. The van der Waals surface area contributed by atoms with E-state index in [9.17, 15) is 14.4 Å². The quantitative estimate of drug-likeness (QED) is 0.508. The van der Waals surface area contributed by atoms with E-state index >= 15 is 0 Å². The first-order chi connectivity index (χ1) is 14.5. The summed E-state index contributed by atoms with van der Waals surface area (Å²) in [6.07, 6.45) is 4.09. The van der Waals surface area contributed by atoms with Crippen molar-refractivity contribution < 1.29 is 9.53 Å². The number of nitrogens with one attached hydrogen (secondary N) is 1. The molecule has 30 heavy (non-hydrogen) atoms. The van der Waals surface area contributed by atoms with Gasteiger partial charge in [-0.25, -0.2) is 14.5 Å². The summed E-state index contributed by atoms with van der Waals surface area (Å²) in [5.74, 6) is -0.399. The number of rotatable bonds is 3. The highest BCUT2D eigenvalue weighted by atomic mass is 32.1. The van der Waals surface area contributed by atoms with E-state index < -0.39 is 5.97 Å². The van der Waals surface area contributed by atoms with E-state index in [0.717, 1.165) is 35.9 Å². The van der Waals surface area contributed by atoms with Gasteiger partial charge in [0.05, 0.1) is 10.8 Å². The monoisotopic (exact) mass is 422 g/mol. The van der Waals surface area contributed by atoms with Crippen LogP contribution in [-0.2, 0) is 31.2 Å². The Morgan fingerprint density at radius 2 is 1.97 bits per heavy atom. The second-order valence-electron chi connectivity index (χ2n) is 7.30. The number of fused-ring (bicyclic) bond motifs is 4. The van der Waals surface area contributed by atoms with E-state index in [1.807, 2.05) is 0 Å². The lowest BCUT2D eigenvalue weighted by atomic mass is 9.97. The molecule has 0 saturated heterocycles. The molecule has 0 saturated carbocycles. The number of esters is 1. The number of carbonyl (C=O) groups is 1. The number of nitrogens with zero attached hydrogens (tertiary/aromatic N) is 3. The fourth-order valence-corrected chi connectivity index (χ4v) is 5.21. The molecule has 0 radical (unpaired) electrons. The minimum atomic E-state index is -0.685. The van der Waals surface area contributed by atoms with Crippen LogP contribution in [0.3, 0.4) is 0 Å². The lowest BCUT2D eigenvalue weighted by molar-refractivity contribution is 0.0455. The normalized spacial score (nSPS) is 13.5. The molecule has 5 rings (SSSR count). The van der Waals surface area contributed by atoms with Crippen LogP contribution in [0.5, 0.6) is 0 Å². The Kier molecular flexibility index (Phi) is 4.47. The van der Waals surface area contributed by atoms with E-state index in [4.69, 9.17) is 4.74 Å². The fraction of sp³-hybridized carbons (Fsp3) is 0.286. The minimum Gasteiger partial charge on any atom is -0.453 e. The molecule has 8 nitrogen and oxygen atoms in total. The molecule has 1 N–H and O–H groups in total. The highest BCUT2D eigenvalue weighted by Gasteiger charge is 2.21. The Hall–Kier alpha value is -3.33. The van der Waals surface area contributed by atoms with Gasteiger partial charge in [0.25, 0.3) is 11.1 Å². The van der Waals surface area contributed by atoms with Crippen LogP contribution < -0.4 is 11.1 Å². The van der Waals surface area contributed by atoms with E-state index in [1.54, 1.807) is 35.6 Å². The standard InChI is InChI=1S/C21H18N4O4S/c1-25-20(27)12-7-3-2-6-11(12)17(24-25)21(28)29-10-15-22-18(26)16-13-8-4-5-9-14(13)30-19(16)23-15/h2-3,6-7H,4-5,8-10H2,1H3,(H,22,23,26). The molecular formula is C21H18N4O4S. The average molecular weight is 422 g/mol. The number of aryl methyl sites for hydroxylation is 3. The van der Waals surface area contributed by atoms with Gasteiger partial charge in [-0.3, -0.25) is 9.59 Å². The molecule has 3 aromatic heterocycles. The van der Waals surface area contributed by atoms with Gasteiger partial charge >= 0.3 is 5.97 Å². The van der Waals surface area contributed by atoms with Gasteiger partial charge in [0, 0.05) is 17.3 Å². The Labute approximate surface area is 174 Å². The maximum Gasteiger partial charge on any atom is 0.359 e. The number of thiophene rings is 1. The summed E-state index contributed by atoms with van der Waals surface area (Å²) in [5, 5.41) is 5.54. The smallest absolute Gasteiger partial charge is 0.359 e. The predicted octanol–water partition coefficient (Wildman–Crippen LogP) is 2.47. The SMILES string of the molecule is Cn1nc(C(=O)OCc2nc3sc4c(c3c(=O)[nH]2)CCCC4)c2ccccc2c1=O. The largest absolute Gasteiger partial charge is 0.453 e. The fourth-order valence-electron chi connectivity index (χ4n) is 3.93. The van der Waals surface area contributed by atoms with Gasteiger partial charge in [0.1, 0.15) is 17.3 Å². The molecule has 0 unspecified atom stereocenters. The maximum absolute atomic E-state index is 12.7. The van der Waals surface area contributed by atoms with Crippen LogP contribution in [-0.4, -0.2) is 25.7 Å². The summed E-state index contributed by atoms with van der Waals surface area (Å²) >= 11 is 1.54. The number of carbonyl (C=O) groups excluding carboxylic acids is 1. The zero-order chi connectivity index (χ0) is 20.8. The van der Waals surface area contributed by atoms with Crippen LogP contribution in [0.15, 0.2) is 33.9 Å². The van der Waals surface area contributed by atoms with Crippen LogP contribution >= 0.6 is 11.3 Å². The number of aromatic nitrogens is 4. The second kappa shape index (κ2) is 7.17.